The third kappa shape index (κ3) is 6.36. The van der Waals surface area contributed by atoms with Gasteiger partial charge >= 0.3 is 0 Å². The van der Waals surface area contributed by atoms with Crippen molar-refractivity contribution in [2.45, 2.75) is 38.8 Å². The minimum absolute atomic E-state index is 0.00197. The Kier molecular flexibility index (Phi) is 7.68. The normalized spacial score (nSPS) is 16.7. The van der Waals surface area contributed by atoms with E-state index in [9.17, 15) is 13.5 Å². The van der Waals surface area contributed by atoms with Gasteiger partial charge in [-0.2, -0.15) is 0 Å². The molecule has 1 aromatic carbocycles. The SMILES string of the molecule is CNCC(O)COc1cccc(-c2nc(NC3CCS(=O)(=O)CC3)cc(-c3c(C)noc3C)n2)c1. The number of benzene rings is 1. The molecule has 35 heavy (non-hydrogen) atoms. The predicted molar refractivity (Wildman–Crippen MR) is 133 cm³/mol. The van der Waals surface area contributed by atoms with Crippen LogP contribution in [-0.4, -0.2) is 72.5 Å². The molecule has 0 aliphatic carbocycles. The summed E-state index contributed by atoms with van der Waals surface area (Å²) in [5.74, 6) is 2.66. The lowest BCUT2D eigenvalue weighted by atomic mass is 10.1. The number of aliphatic hydroxyl groups excluding tert-OH is 1. The first-order valence-corrected chi connectivity index (χ1v) is 13.4. The lowest BCUT2D eigenvalue weighted by molar-refractivity contribution is 0.108. The van der Waals surface area contributed by atoms with Gasteiger partial charge in [0.15, 0.2) is 5.82 Å². The van der Waals surface area contributed by atoms with Crippen molar-refractivity contribution in [3.8, 4) is 28.4 Å². The second kappa shape index (κ2) is 10.7. The highest BCUT2D eigenvalue weighted by Gasteiger charge is 2.24. The first-order valence-electron chi connectivity index (χ1n) is 11.6. The summed E-state index contributed by atoms with van der Waals surface area (Å²) in [6.07, 6.45) is 0.430. The molecule has 0 spiro atoms. The zero-order chi connectivity index (χ0) is 25.0. The van der Waals surface area contributed by atoms with Crippen molar-refractivity contribution in [1.29, 1.82) is 0 Å². The van der Waals surface area contributed by atoms with E-state index in [1.807, 2.05) is 44.2 Å². The van der Waals surface area contributed by atoms with Crippen LogP contribution in [0, 0.1) is 13.8 Å². The van der Waals surface area contributed by atoms with E-state index in [1.54, 1.807) is 7.05 Å². The number of nitrogens with zero attached hydrogens (tertiary/aromatic N) is 3. The predicted octanol–water partition coefficient (Wildman–Crippen LogP) is 2.36. The topological polar surface area (TPSA) is 139 Å². The molecule has 188 valence electrons. The molecule has 0 saturated carbocycles. The van der Waals surface area contributed by atoms with E-state index in [-0.39, 0.29) is 24.2 Å². The molecule has 0 amide bonds. The Morgan fingerprint density at radius 2 is 1.97 bits per heavy atom. The maximum Gasteiger partial charge on any atom is 0.162 e. The van der Waals surface area contributed by atoms with Crippen molar-refractivity contribution in [1.82, 2.24) is 20.4 Å². The fourth-order valence-corrected chi connectivity index (χ4v) is 5.57. The highest BCUT2D eigenvalue weighted by Crippen LogP contribution is 2.31. The molecule has 1 saturated heterocycles. The zero-order valence-electron chi connectivity index (χ0n) is 20.1. The third-order valence-electron chi connectivity index (χ3n) is 5.90. The van der Waals surface area contributed by atoms with E-state index in [0.29, 0.717) is 48.2 Å². The average Bonchev–Trinajstić information content (AvgIpc) is 3.17. The van der Waals surface area contributed by atoms with Crippen LogP contribution < -0.4 is 15.4 Å². The number of likely N-dealkylation sites (N-methyl/N-ethyl adjacent to an activating group) is 1. The number of anilines is 1. The molecule has 3 N–H and O–H groups in total. The van der Waals surface area contributed by atoms with Gasteiger partial charge in [-0.05, 0) is 45.9 Å². The second-order valence-corrected chi connectivity index (χ2v) is 11.1. The van der Waals surface area contributed by atoms with Crippen LogP contribution in [0.2, 0.25) is 0 Å². The van der Waals surface area contributed by atoms with Gasteiger partial charge < -0.3 is 25.0 Å². The number of ether oxygens (including phenoxy) is 1. The number of rotatable bonds is 9. The number of nitrogens with one attached hydrogen (secondary N) is 2. The van der Waals surface area contributed by atoms with Crippen LogP contribution in [0.1, 0.15) is 24.3 Å². The van der Waals surface area contributed by atoms with Crippen LogP contribution in [0.25, 0.3) is 22.6 Å². The summed E-state index contributed by atoms with van der Waals surface area (Å²) in [5.41, 5.74) is 2.92. The van der Waals surface area contributed by atoms with E-state index in [1.165, 1.54) is 0 Å². The molecule has 1 unspecified atom stereocenters. The van der Waals surface area contributed by atoms with E-state index >= 15 is 0 Å². The molecule has 1 fully saturated rings. The van der Waals surface area contributed by atoms with Crippen LogP contribution in [0.3, 0.4) is 0 Å². The van der Waals surface area contributed by atoms with Gasteiger partial charge in [0.05, 0.1) is 28.5 Å². The van der Waals surface area contributed by atoms with Crippen molar-refractivity contribution in [2.75, 3.05) is 37.0 Å². The van der Waals surface area contributed by atoms with Crippen LogP contribution >= 0.6 is 0 Å². The average molecular weight is 502 g/mol. The van der Waals surface area contributed by atoms with Gasteiger partial charge in [-0.3, -0.25) is 0 Å². The lowest BCUT2D eigenvalue weighted by Crippen LogP contribution is -2.32. The first-order chi connectivity index (χ1) is 16.7. The molecule has 1 aliphatic rings. The highest BCUT2D eigenvalue weighted by molar-refractivity contribution is 7.91. The van der Waals surface area contributed by atoms with Gasteiger partial charge in [-0.1, -0.05) is 17.3 Å². The maximum absolute atomic E-state index is 11.8. The van der Waals surface area contributed by atoms with E-state index in [4.69, 9.17) is 19.2 Å². The Morgan fingerprint density at radius 1 is 1.20 bits per heavy atom. The Balaban J connectivity index is 1.65. The monoisotopic (exact) mass is 501 g/mol. The van der Waals surface area contributed by atoms with Gasteiger partial charge in [-0.25, -0.2) is 18.4 Å². The number of sulfone groups is 1. The molecule has 2 aromatic heterocycles. The molecular formula is C24H31N5O5S. The van der Waals surface area contributed by atoms with E-state index in [2.05, 4.69) is 15.8 Å². The van der Waals surface area contributed by atoms with Crippen molar-refractivity contribution in [2.24, 2.45) is 0 Å². The van der Waals surface area contributed by atoms with Gasteiger partial charge in [-0.15, -0.1) is 0 Å². The molecule has 0 bridgehead atoms. The summed E-state index contributed by atoms with van der Waals surface area (Å²) < 4.78 is 34.8. The summed E-state index contributed by atoms with van der Waals surface area (Å²) >= 11 is 0. The zero-order valence-corrected chi connectivity index (χ0v) is 20.9. The maximum atomic E-state index is 11.8. The van der Waals surface area contributed by atoms with Crippen molar-refractivity contribution in [3.63, 3.8) is 0 Å². The molecule has 0 radical (unpaired) electrons. The van der Waals surface area contributed by atoms with E-state index in [0.717, 1.165) is 16.8 Å². The highest BCUT2D eigenvalue weighted by atomic mass is 32.2. The van der Waals surface area contributed by atoms with Gasteiger partial charge in [0.2, 0.25) is 0 Å². The van der Waals surface area contributed by atoms with Crippen LogP contribution in [0.15, 0.2) is 34.9 Å². The summed E-state index contributed by atoms with van der Waals surface area (Å²) in [7, 11) is -1.19. The van der Waals surface area contributed by atoms with Crippen LogP contribution in [0.4, 0.5) is 5.82 Å². The molecule has 10 nitrogen and oxygen atoms in total. The minimum Gasteiger partial charge on any atom is -0.491 e. The van der Waals surface area contributed by atoms with Crippen LogP contribution in [0.5, 0.6) is 5.75 Å². The Labute approximate surface area is 205 Å². The Morgan fingerprint density at radius 3 is 2.66 bits per heavy atom. The fraction of sp³-hybridized carbons (Fsp3) is 0.458. The minimum atomic E-state index is -2.96. The molecule has 3 aromatic rings. The molecule has 1 aliphatic heterocycles. The molecule has 3 heterocycles. The van der Waals surface area contributed by atoms with Crippen molar-refractivity contribution >= 4 is 15.7 Å². The summed E-state index contributed by atoms with van der Waals surface area (Å²) in [6, 6.07) is 9.22. The van der Waals surface area contributed by atoms with Gasteiger partial charge in [0.1, 0.15) is 39.9 Å². The second-order valence-electron chi connectivity index (χ2n) is 8.78. The molecule has 4 rings (SSSR count). The smallest absolute Gasteiger partial charge is 0.162 e. The van der Waals surface area contributed by atoms with Crippen molar-refractivity contribution in [3.05, 3.63) is 41.8 Å². The Bertz CT molecular complexity index is 1240. The standard InChI is InChI=1S/C24H31N5O5S/c1-15-23(16(2)34-29-15)21-12-22(26-18-7-9-35(31,32)10-8-18)28-24(27-21)17-5-4-6-20(11-17)33-14-19(30)13-25-3/h4-6,11-12,18-19,25,30H,7-10,13-14H2,1-3H3,(H,26,27,28). The number of aromatic nitrogens is 3. The summed E-state index contributed by atoms with van der Waals surface area (Å²) in [4.78, 5) is 9.52. The number of aliphatic hydroxyl groups is 1. The number of hydrogen-bond donors (Lipinski definition) is 3. The third-order valence-corrected chi connectivity index (χ3v) is 7.61. The number of aryl methyl sites for hydroxylation is 2. The lowest BCUT2D eigenvalue weighted by Gasteiger charge is -2.24. The van der Waals surface area contributed by atoms with Gasteiger partial charge in [0, 0.05) is 24.2 Å². The quantitative estimate of drug-likeness (QED) is 0.400. The summed E-state index contributed by atoms with van der Waals surface area (Å²) in [6.45, 7) is 4.28. The Hall–Kier alpha value is -3.02. The first kappa shape index (κ1) is 25.1. The molecular weight excluding hydrogens is 470 g/mol. The number of hydrogen-bond acceptors (Lipinski definition) is 10. The molecule has 11 heteroatoms. The van der Waals surface area contributed by atoms with Crippen LogP contribution in [-0.2, 0) is 9.84 Å². The summed E-state index contributed by atoms with van der Waals surface area (Å²) in [5, 5.41) is 20.3. The van der Waals surface area contributed by atoms with Gasteiger partial charge in [0.25, 0.3) is 0 Å². The molecule has 1 atom stereocenters. The largest absolute Gasteiger partial charge is 0.491 e. The van der Waals surface area contributed by atoms with Crippen molar-refractivity contribution < 1.29 is 22.8 Å². The fourth-order valence-electron chi connectivity index (χ4n) is 4.08. The van der Waals surface area contributed by atoms with E-state index < -0.39 is 15.9 Å².